The summed E-state index contributed by atoms with van der Waals surface area (Å²) in [6.45, 7) is 0. The number of hydrazone groups is 1. The van der Waals surface area contributed by atoms with E-state index >= 15 is 0 Å². The van der Waals surface area contributed by atoms with Crippen LogP contribution in [0.4, 0.5) is 0 Å². The molecule has 2 aromatic rings. The molecule has 0 fully saturated rings. The van der Waals surface area contributed by atoms with Gasteiger partial charge < -0.3 is 5.11 Å². The molecule has 0 aliphatic carbocycles. The van der Waals surface area contributed by atoms with Crippen LogP contribution in [0.2, 0.25) is 10.0 Å². The number of hydrogen-bond acceptors (Lipinski definition) is 5. The van der Waals surface area contributed by atoms with Crippen molar-refractivity contribution in [3.8, 4) is 5.75 Å². The fourth-order valence-corrected chi connectivity index (χ4v) is 2.27. The molecule has 0 saturated heterocycles. The van der Waals surface area contributed by atoms with Crippen molar-refractivity contribution in [3.63, 3.8) is 0 Å². The number of phenols is 1. The first-order valence-corrected chi connectivity index (χ1v) is 6.67. The van der Waals surface area contributed by atoms with Gasteiger partial charge in [-0.3, -0.25) is 4.79 Å². The summed E-state index contributed by atoms with van der Waals surface area (Å²) in [4.78, 5) is 15.3. The van der Waals surface area contributed by atoms with Crippen molar-refractivity contribution in [2.45, 2.75) is 0 Å². The molecule has 0 spiro atoms. The lowest BCUT2D eigenvalue weighted by Gasteiger charge is -2.02. The van der Waals surface area contributed by atoms with E-state index in [-0.39, 0.29) is 16.5 Å². The predicted octanol–water partition coefficient (Wildman–Crippen LogP) is 2.92. The molecule has 8 heteroatoms. The zero-order valence-electron chi connectivity index (χ0n) is 9.30. The smallest absolute Gasteiger partial charge is 0.290 e. The Balaban J connectivity index is 2.09. The number of halogens is 2. The van der Waals surface area contributed by atoms with Gasteiger partial charge in [-0.25, -0.2) is 10.4 Å². The number of nitrogens with zero attached hydrogens (tertiary/aromatic N) is 2. The Morgan fingerprint density at radius 2 is 2.26 bits per heavy atom. The summed E-state index contributed by atoms with van der Waals surface area (Å²) >= 11 is 12.8. The van der Waals surface area contributed by atoms with Gasteiger partial charge in [0.2, 0.25) is 0 Å². The number of aromatic hydroxyl groups is 1. The molecule has 19 heavy (non-hydrogen) atoms. The summed E-state index contributed by atoms with van der Waals surface area (Å²) in [5.41, 5.74) is 4.40. The van der Waals surface area contributed by atoms with Crippen molar-refractivity contribution in [1.29, 1.82) is 0 Å². The largest absolute Gasteiger partial charge is 0.506 e. The first-order chi connectivity index (χ1) is 9.08. The highest BCUT2D eigenvalue weighted by Crippen LogP contribution is 2.29. The lowest BCUT2D eigenvalue weighted by atomic mass is 10.2. The standard InChI is InChI=1S/C11H7Cl2N3O2S/c12-7-1-6(10(17)8(13)2-7)3-15-16-11(18)9-4-19-5-14-9/h1-5,17H,(H,16,18). The number of thiazole rings is 1. The van der Waals surface area contributed by atoms with Crippen molar-refractivity contribution in [3.05, 3.63) is 44.3 Å². The average molecular weight is 316 g/mol. The highest BCUT2D eigenvalue weighted by molar-refractivity contribution is 7.07. The minimum Gasteiger partial charge on any atom is -0.506 e. The van der Waals surface area contributed by atoms with Gasteiger partial charge in [-0.2, -0.15) is 5.10 Å². The summed E-state index contributed by atoms with van der Waals surface area (Å²) in [7, 11) is 0. The number of benzene rings is 1. The van der Waals surface area contributed by atoms with Crippen LogP contribution < -0.4 is 5.43 Å². The second-order valence-electron chi connectivity index (χ2n) is 3.40. The normalized spacial score (nSPS) is 10.8. The summed E-state index contributed by atoms with van der Waals surface area (Å²) in [6, 6.07) is 2.88. The molecule has 1 aromatic carbocycles. The van der Waals surface area contributed by atoms with Crippen molar-refractivity contribution in [2.24, 2.45) is 5.10 Å². The average Bonchev–Trinajstić information content (AvgIpc) is 2.88. The minimum absolute atomic E-state index is 0.111. The van der Waals surface area contributed by atoms with E-state index in [4.69, 9.17) is 23.2 Å². The lowest BCUT2D eigenvalue weighted by Crippen LogP contribution is -2.17. The second kappa shape index (κ2) is 6.01. The Hall–Kier alpha value is -1.63. The highest BCUT2D eigenvalue weighted by atomic mass is 35.5. The van der Waals surface area contributed by atoms with E-state index in [9.17, 15) is 9.90 Å². The Morgan fingerprint density at radius 3 is 2.95 bits per heavy atom. The molecule has 2 rings (SSSR count). The molecule has 0 bridgehead atoms. The highest BCUT2D eigenvalue weighted by Gasteiger charge is 2.07. The Bertz CT molecular complexity index is 629. The van der Waals surface area contributed by atoms with E-state index in [1.54, 1.807) is 10.9 Å². The van der Waals surface area contributed by atoms with Crippen molar-refractivity contribution in [1.82, 2.24) is 10.4 Å². The molecule has 0 aliphatic heterocycles. The second-order valence-corrected chi connectivity index (χ2v) is 4.96. The summed E-state index contributed by atoms with van der Waals surface area (Å²) in [5.74, 6) is -0.595. The van der Waals surface area contributed by atoms with Crippen LogP contribution in [0.3, 0.4) is 0 Å². The lowest BCUT2D eigenvalue weighted by molar-refractivity contribution is 0.0951. The van der Waals surface area contributed by atoms with Gasteiger partial charge in [-0.15, -0.1) is 11.3 Å². The summed E-state index contributed by atoms with van der Waals surface area (Å²) < 4.78 is 0. The third-order valence-corrected chi connectivity index (χ3v) is 3.19. The maximum Gasteiger partial charge on any atom is 0.290 e. The molecular formula is C11H7Cl2N3O2S. The minimum atomic E-state index is -0.440. The van der Waals surface area contributed by atoms with E-state index < -0.39 is 5.91 Å². The molecule has 0 radical (unpaired) electrons. The van der Waals surface area contributed by atoms with Crippen LogP contribution in [0.15, 0.2) is 28.1 Å². The van der Waals surface area contributed by atoms with Gasteiger partial charge in [0.05, 0.1) is 16.7 Å². The van der Waals surface area contributed by atoms with Crippen LogP contribution in [0, 0.1) is 0 Å². The van der Waals surface area contributed by atoms with Crippen LogP contribution in [0.5, 0.6) is 5.75 Å². The van der Waals surface area contributed by atoms with E-state index in [0.717, 1.165) is 0 Å². The van der Waals surface area contributed by atoms with Crippen LogP contribution in [0.1, 0.15) is 16.1 Å². The van der Waals surface area contributed by atoms with Crippen LogP contribution in [-0.4, -0.2) is 22.2 Å². The molecule has 1 aromatic heterocycles. The van der Waals surface area contributed by atoms with E-state index in [2.05, 4.69) is 15.5 Å². The fourth-order valence-electron chi connectivity index (χ4n) is 1.23. The van der Waals surface area contributed by atoms with Gasteiger partial charge in [0.15, 0.2) is 0 Å². The predicted molar refractivity (Wildman–Crippen MR) is 75.3 cm³/mol. The number of nitrogens with one attached hydrogen (secondary N) is 1. The molecule has 0 atom stereocenters. The molecule has 5 nitrogen and oxygen atoms in total. The third kappa shape index (κ3) is 3.44. The molecule has 0 unspecified atom stereocenters. The number of phenolic OH excluding ortho intramolecular Hbond substituents is 1. The van der Waals surface area contributed by atoms with Crippen LogP contribution in [-0.2, 0) is 0 Å². The number of rotatable bonds is 3. The zero-order valence-corrected chi connectivity index (χ0v) is 11.6. The molecule has 98 valence electrons. The topological polar surface area (TPSA) is 74.6 Å². The number of carbonyl (C=O) groups excluding carboxylic acids is 1. The molecular weight excluding hydrogens is 309 g/mol. The van der Waals surface area contributed by atoms with Gasteiger partial charge in [0.25, 0.3) is 5.91 Å². The van der Waals surface area contributed by atoms with Crippen LogP contribution >= 0.6 is 34.5 Å². The molecule has 0 aliphatic rings. The Labute approximate surface area is 122 Å². The van der Waals surface area contributed by atoms with Crippen LogP contribution in [0.25, 0.3) is 0 Å². The third-order valence-electron chi connectivity index (χ3n) is 2.09. The monoisotopic (exact) mass is 315 g/mol. The summed E-state index contributed by atoms with van der Waals surface area (Å²) in [6.07, 6.45) is 1.25. The Kier molecular flexibility index (Phi) is 4.36. The maximum atomic E-state index is 11.5. The number of carbonyl (C=O) groups is 1. The molecule has 0 saturated carbocycles. The van der Waals surface area contributed by atoms with Crippen molar-refractivity contribution >= 4 is 46.7 Å². The SMILES string of the molecule is O=C(NN=Cc1cc(Cl)cc(Cl)c1O)c1cscn1. The van der Waals surface area contributed by atoms with Gasteiger partial charge >= 0.3 is 0 Å². The van der Waals surface area contributed by atoms with Gasteiger partial charge in [0, 0.05) is 16.0 Å². The van der Waals surface area contributed by atoms with E-state index in [1.807, 2.05) is 0 Å². The van der Waals surface area contributed by atoms with E-state index in [0.29, 0.717) is 10.6 Å². The zero-order chi connectivity index (χ0) is 13.8. The first kappa shape index (κ1) is 13.8. The first-order valence-electron chi connectivity index (χ1n) is 4.97. The molecule has 2 N–H and O–H groups in total. The number of hydrogen-bond donors (Lipinski definition) is 2. The molecule has 1 amide bonds. The summed E-state index contributed by atoms with van der Waals surface area (Å²) in [5, 5.41) is 15.4. The maximum absolute atomic E-state index is 11.5. The van der Waals surface area contributed by atoms with Crippen molar-refractivity contribution in [2.75, 3.05) is 0 Å². The van der Waals surface area contributed by atoms with Gasteiger partial charge in [-0.1, -0.05) is 23.2 Å². The Morgan fingerprint density at radius 1 is 1.47 bits per heavy atom. The van der Waals surface area contributed by atoms with E-state index in [1.165, 1.54) is 29.7 Å². The van der Waals surface area contributed by atoms with Gasteiger partial charge in [0.1, 0.15) is 11.4 Å². The molecule has 1 heterocycles. The van der Waals surface area contributed by atoms with Crippen molar-refractivity contribution < 1.29 is 9.90 Å². The van der Waals surface area contributed by atoms with Gasteiger partial charge in [-0.05, 0) is 12.1 Å². The number of aromatic nitrogens is 1. The quantitative estimate of drug-likeness (QED) is 0.675. The number of amides is 1. The fraction of sp³-hybridized carbons (Fsp3) is 0.